The molecule has 1 fully saturated rings. The van der Waals surface area contributed by atoms with Crippen molar-refractivity contribution in [3.05, 3.63) is 30.1 Å². The molecule has 1 aliphatic heterocycles. The standard InChI is InChI=1S/C16H21F3N4O2/c1-21(11-13-3-5-20-6-4-13)12-14(24)22-7-2-8-23(10-9-22)15(25)16(17,18)19/h3-6H,2,7-12H2,1H3. The molecule has 138 valence electrons. The molecule has 0 saturated carbocycles. The Morgan fingerprint density at radius 3 is 2.36 bits per heavy atom. The first kappa shape index (κ1) is 19.2. The van der Waals surface area contributed by atoms with E-state index in [2.05, 4.69) is 4.98 Å². The molecule has 0 spiro atoms. The number of alkyl halides is 3. The van der Waals surface area contributed by atoms with E-state index >= 15 is 0 Å². The Morgan fingerprint density at radius 1 is 1.12 bits per heavy atom. The normalized spacial score (nSPS) is 16.0. The van der Waals surface area contributed by atoms with Crippen LogP contribution < -0.4 is 0 Å². The number of halogens is 3. The molecular formula is C16H21F3N4O2. The molecule has 0 bridgehead atoms. The number of rotatable bonds is 4. The summed E-state index contributed by atoms with van der Waals surface area (Å²) >= 11 is 0. The van der Waals surface area contributed by atoms with E-state index in [1.54, 1.807) is 19.4 Å². The van der Waals surface area contributed by atoms with Crippen LogP contribution in [-0.4, -0.2) is 77.4 Å². The van der Waals surface area contributed by atoms with Gasteiger partial charge in [0.25, 0.3) is 0 Å². The first-order chi connectivity index (χ1) is 11.8. The van der Waals surface area contributed by atoms with Gasteiger partial charge in [-0.05, 0) is 31.2 Å². The van der Waals surface area contributed by atoms with Gasteiger partial charge in [-0.3, -0.25) is 19.5 Å². The van der Waals surface area contributed by atoms with E-state index in [-0.39, 0.29) is 32.1 Å². The van der Waals surface area contributed by atoms with Crippen molar-refractivity contribution in [3.8, 4) is 0 Å². The molecule has 2 amide bonds. The molecule has 6 nitrogen and oxygen atoms in total. The van der Waals surface area contributed by atoms with E-state index in [9.17, 15) is 22.8 Å². The molecule has 1 saturated heterocycles. The number of carbonyl (C=O) groups excluding carboxylic acids is 2. The average molecular weight is 358 g/mol. The maximum absolute atomic E-state index is 12.5. The third-order valence-corrected chi connectivity index (χ3v) is 3.99. The molecule has 0 atom stereocenters. The number of aromatic nitrogens is 1. The predicted molar refractivity (Wildman–Crippen MR) is 84.4 cm³/mol. The minimum absolute atomic E-state index is 0.00891. The van der Waals surface area contributed by atoms with Crippen molar-refractivity contribution in [2.75, 3.05) is 39.8 Å². The summed E-state index contributed by atoms with van der Waals surface area (Å²) in [6.45, 7) is 1.11. The van der Waals surface area contributed by atoms with Gasteiger partial charge in [0, 0.05) is 45.1 Å². The van der Waals surface area contributed by atoms with Crippen LogP contribution in [0.5, 0.6) is 0 Å². The van der Waals surface area contributed by atoms with Gasteiger partial charge in [-0.1, -0.05) is 0 Å². The lowest BCUT2D eigenvalue weighted by molar-refractivity contribution is -0.185. The second-order valence-corrected chi connectivity index (χ2v) is 6.05. The molecular weight excluding hydrogens is 337 g/mol. The van der Waals surface area contributed by atoms with Gasteiger partial charge < -0.3 is 9.80 Å². The first-order valence-corrected chi connectivity index (χ1v) is 7.98. The number of hydrogen-bond acceptors (Lipinski definition) is 4. The van der Waals surface area contributed by atoms with Crippen molar-refractivity contribution in [1.29, 1.82) is 0 Å². The van der Waals surface area contributed by atoms with Crippen LogP contribution in [0.2, 0.25) is 0 Å². The zero-order valence-corrected chi connectivity index (χ0v) is 14.0. The predicted octanol–water partition coefficient (Wildman–Crippen LogP) is 1.14. The molecule has 2 heterocycles. The van der Waals surface area contributed by atoms with Crippen LogP contribution in [0.1, 0.15) is 12.0 Å². The fourth-order valence-corrected chi connectivity index (χ4v) is 2.74. The molecule has 0 N–H and O–H groups in total. The third-order valence-electron chi connectivity index (χ3n) is 3.99. The molecule has 0 aromatic carbocycles. The van der Waals surface area contributed by atoms with Crippen LogP contribution in [0.15, 0.2) is 24.5 Å². The van der Waals surface area contributed by atoms with Gasteiger partial charge in [0.15, 0.2) is 0 Å². The lowest BCUT2D eigenvalue weighted by atomic mass is 10.2. The fourth-order valence-electron chi connectivity index (χ4n) is 2.74. The topological polar surface area (TPSA) is 56.8 Å². The van der Waals surface area contributed by atoms with Gasteiger partial charge in [0.1, 0.15) is 0 Å². The molecule has 0 radical (unpaired) electrons. The second kappa shape index (κ2) is 8.28. The summed E-state index contributed by atoms with van der Waals surface area (Å²) in [7, 11) is 1.80. The second-order valence-electron chi connectivity index (χ2n) is 6.05. The van der Waals surface area contributed by atoms with Crippen LogP contribution in [0, 0.1) is 0 Å². The van der Waals surface area contributed by atoms with Crippen molar-refractivity contribution < 1.29 is 22.8 Å². The van der Waals surface area contributed by atoms with Gasteiger partial charge >= 0.3 is 12.1 Å². The summed E-state index contributed by atoms with van der Waals surface area (Å²) in [5, 5.41) is 0. The monoisotopic (exact) mass is 358 g/mol. The molecule has 2 rings (SSSR count). The Hall–Kier alpha value is -2.16. The maximum atomic E-state index is 12.5. The van der Waals surface area contributed by atoms with Gasteiger partial charge in [-0.25, -0.2) is 0 Å². The number of hydrogen-bond donors (Lipinski definition) is 0. The lowest BCUT2D eigenvalue weighted by Crippen LogP contribution is -2.44. The summed E-state index contributed by atoms with van der Waals surface area (Å²) in [5.74, 6) is -1.99. The summed E-state index contributed by atoms with van der Waals surface area (Å²) < 4.78 is 37.6. The van der Waals surface area contributed by atoms with Crippen molar-refractivity contribution in [2.45, 2.75) is 19.1 Å². The van der Waals surface area contributed by atoms with Gasteiger partial charge in [-0.15, -0.1) is 0 Å². The Balaban J connectivity index is 1.85. The van der Waals surface area contributed by atoms with Crippen molar-refractivity contribution in [2.24, 2.45) is 0 Å². The number of likely N-dealkylation sites (N-methyl/N-ethyl adjacent to an activating group) is 1. The van der Waals surface area contributed by atoms with Crippen LogP contribution in [0.25, 0.3) is 0 Å². The van der Waals surface area contributed by atoms with Crippen LogP contribution in [-0.2, 0) is 16.1 Å². The summed E-state index contributed by atoms with van der Waals surface area (Å²) in [6.07, 6.45) is -1.19. The average Bonchev–Trinajstić information content (AvgIpc) is 2.80. The van der Waals surface area contributed by atoms with Crippen molar-refractivity contribution in [1.82, 2.24) is 19.7 Å². The zero-order chi connectivity index (χ0) is 18.4. The Labute approximate surface area is 144 Å². The van der Waals surface area contributed by atoms with E-state index in [1.807, 2.05) is 17.0 Å². The third kappa shape index (κ3) is 5.70. The van der Waals surface area contributed by atoms with E-state index in [4.69, 9.17) is 0 Å². The molecule has 9 heteroatoms. The molecule has 1 aromatic heterocycles. The van der Waals surface area contributed by atoms with Gasteiger partial charge in [-0.2, -0.15) is 13.2 Å². The molecule has 1 aromatic rings. The van der Waals surface area contributed by atoms with Crippen molar-refractivity contribution in [3.63, 3.8) is 0 Å². The van der Waals surface area contributed by atoms with E-state index in [0.717, 1.165) is 10.5 Å². The SMILES string of the molecule is CN(CC(=O)N1CCCN(C(=O)C(F)(F)F)CC1)Cc1ccncc1. The highest BCUT2D eigenvalue weighted by Crippen LogP contribution is 2.19. The Morgan fingerprint density at radius 2 is 1.72 bits per heavy atom. The summed E-state index contributed by atoms with van der Waals surface area (Å²) in [5.41, 5.74) is 1.02. The molecule has 0 aliphatic carbocycles. The minimum atomic E-state index is -4.87. The lowest BCUT2D eigenvalue weighted by Gasteiger charge is -2.25. The van der Waals surface area contributed by atoms with Gasteiger partial charge in [0.2, 0.25) is 5.91 Å². The van der Waals surface area contributed by atoms with E-state index in [1.165, 1.54) is 4.90 Å². The van der Waals surface area contributed by atoms with Crippen molar-refractivity contribution >= 4 is 11.8 Å². The largest absolute Gasteiger partial charge is 0.471 e. The number of pyridine rings is 1. The quantitative estimate of drug-likeness (QED) is 0.810. The van der Waals surface area contributed by atoms with E-state index < -0.39 is 12.1 Å². The fraction of sp³-hybridized carbons (Fsp3) is 0.562. The van der Waals surface area contributed by atoms with Crippen LogP contribution in [0.4, 0.5) is 13.2 Å². The summed E-state index contributed by atoms with van der Waals surface area (Å²) in [4.78, 5) is 31.7. The van der Waals surface area contributed by atoms with Crippen LogP contribution >= 0.6 is 0 Å². The zero-order valence-electron chi connectivity index (χ0n) is 14.0. The Bertz CT molecular complexity index is 595. The highest BCUT2D eigenvalue weighted by atomic mass is 19.4. The minimum Gasteiger partial charge on any atom is -0.340 e. The van der Waals surface area contributed by atoms with Gasteiger partial charge in [0.05, 0.1) is 6.54 Å². The van der Waals surface area contributed by atoms with E-state index in [0.29, 0.717) is 19.5 Å². The number of amides is 2. The Kier molecular flexibility index (Phi) is 6.35. The highest BCUT2D eigenvalue weighted by molar-refractivity contribution is 5.82. The summed E-state index contributed by atoms with van der Waals surface area (Å²) in [6, 6.07) is 3.71. The molecule has 25 heavy (non-hydrogen) atoms. The van der Waals surface area contributed by atoms with Crippen LogP contribution in [0.3, 0.4) is 0 Å². The molecule has 1 aliphatic rings. The molecule has 0 unspecified atom stereocenters. The highest BCUT2D eigenvalue weighted by Gasteiger charge is 2.42. The number of nitrogens with zero attached hydrogens (tertiary/aromatic N) is 4. The first-order valence-electron chi connectivity index (χ1n) is 7.98. The maximum Gasteiger partial charge on any atom is 0.471 e. The smallest absolute Gasteiger partial charge is 0.340 e. The number of carbonyl (C=O) groups is 2.